The summed E-state index contributed by atoms with van der Waals surface area (Å²) in [4.78, 5) is 14.4. The van der Waals surface area contributed by atoms with Crippen LogP contribution in [0.15, 0.2) is 6.20 Å². The minimum absolute atomic E-state index is 0.456. The van der Waals surface area contributed by atoms with Crippen LogP contribution in [-0.2, 0) is 18.3 Å². The summed E-state index contributed by atoms with van der Waals surface area (Å²) in [6, 6.07) is 0. The van der Waals surface area contributed by atoms with Gasteiger partial charge in [-0.05, 0) is 66.2 Å². The molecule has 0 aromatic carbocycles. The Bertz CT molecular complexity index is 542. The van der Waals surface area contributed by atoms with Crippen molar-refractivity contribution in [1.29, 1.82) is 0 Å². The van der Waals surface area contributed by atoms with E-state index in [9.17, 15) is 4.79 Å². The molecule has 1 amide bonds. The molecular formula is C17H31N5O2. The summed E-state index contributed by atoms with van der Waals surface area (Å²) in [7, 11) is 3.99. The predicted molar refractivity (Wildman–Crippen MR) is 95.0 cm³/mol. The fourth-order valence-electron chi connectivity index (χ4n) is 2.85. The van der Waals surface area contributed by atoms with Gasteiger partial charge in [0.05, 0.1) is 6.20 Å². The van der Waals surface area contributed by atoms with Crippen LogP contribution in [0.3, 0.4) is 0 Å². The van der Waals surface area contributed by atoms with Gasteiger partial charge in [0.15, 0.2) is 0 Å². The molecule has 0 bridgehead atoms. The maximum absolute atomic E-state index is 12.0. The van der Waals surface area contributed by atoms with E-state index < -0.39 is 11.7 Å². The molecule has 2 heterocycles. The topological polar surface area (TPSA) is 71.4 Å². The SMILES string of the molecule is CN1CCC(CNCc2cnn(C)c2NC(=O)OC(C)(C)C)CC1. The third-order valence-electron chi connectivity index (χ3n) is 4.22. The highest BCUT2D eigenvalue weighted by Gasteiger charge is 2.20. The summed E-state index contributed by atoms with van der Waals surface area (Å²) in [5.74, 6) is 1.40. The van der Waals surface area contributed by atoms with E-state index in [4.69, 9.17) is 4.74 Å². The number of nitrogens with zero attached hydrogens (tertiary/aromatic N) is 3. The molecule has 1 aromatic heterocycles. The van der Waals surface area contributed by atoms with Crippen molar-refractivity contribution < 1.29 is 9.53 Å². The molecule has 0 saturated carbocycles. The van der Waals surface area contributed by atoms with Gasteiger partial charge >= 0.3 is 6.09 Å². The van der Waals surface area contributed by atoms with Crippen molar-refractivity contribution in [2.24, 2.45) is 13.0 Å². The molecule has 2 N–H and O–H groups in total. The molecule has 1 fully saturated rings. The zero-order valence-electron chi connectivity index (χ0n) is 15.6. The zero-order valence-corrected chi connectivity index (χ0v) is 15.6. The summed E-state index contributed by atoms with van der Waals surface area (Å²) in [5.41, 5.74) is 0.450. The van der Waals surface area contributed by atoms with Crippen LogP contribution in [0.2, 0.25) is 0 Å². The lowest BCUT2D eigenvalue weighted by Gasteiger charge is -2.29. The highest BCUT2D eigenvalue weighted by Crippen LogP contribution is 2.18. The van der Waals surface area contributed by atoms with E-state index in [1.54, 1.807) is 10.9 Å². The van der Waals surface area contributed by atoms with E-state index in [0.717, 1.165) is 18.0 Å². The molecule has 0 aliphatic carbocycles. The van der Waals surface area contributed by atoms with Crippen LogP contribution in [-0.4, -0.2) is 53.1 Å². The number of carbonyl (C=O) groups is 1. The van der Waals surface area contributed by atoms with Crippen molar-refractivity contribution in [2.45, 2.75) is 45.8 Å². The average molecular weight is 337 g/mol. The number of amides is 1. The van der Waals surface area contributed by atoms with E-state index >= 15 is 0 Å². The molecule has 2 rings (SSSR count). The number of hydrogen-bond acceptors (Lipinski definition) is 5. The Labute approximate surface area is 144 Å². The molecule has 1 aliphatic rings. The van der Waals surface area contributed by atoms with Gasteiger partial charge in [0, 0.05) is 19.2 Å². The smallest absolute Gasteiger partial charge is 0.413 e. The molecule has 0 radical (unpaired) electrons. The first kappa shape index (κ1) is 18.7. The molecule has 0 atom stereocenters. The minimum Gasteiger partial charge on any atom is -0.444 e. The van der Waals surface area contributed by atoms with Gasteiger partial charge in [-0.2, -0.15) is 5.10 Å². The molecule has 0 unspecified atom stereocenters. The van der Waals surface area contributed by atoms with Crippen LogP contribution in [0.1, 0.15) is 39.2 Å². The highest BCUT2D eigenvalue weighted by atomic mass is 16.6. The normalized spacial score (nSPS) is 17.0. The van der Waals surface area contributed by atoms with Gasteiger partial charge in [0.2, 0.25) is 0 Å². The van der Waals surface area contributed by atoms with E-state index in [1.165, 1.54) is 25.9 Å². The third kappa shape index (κ3) is 5.79. The van der Waals surface area contributed by atoms with Gasteiger partial charge in [0.1, 0.15) is 11.4 Å². The second-order valence-corrected chi connectivity index (χ2v) is 7.65. The van der Waals surface area contributed by atoms with Gasteiger partial charge in [0.25, 0.3) is 0 Å². The second-order valence-electron chi connectivity index (χ2n) is 7.65. The molecular weight excluding hydrogens is 306 g/mol. The van der Waals surface area contributed by atoms with Crippen LogP contribution in [0.4, 0.5) is 10.6 Å². The number of likely N-dealkylation sites (tertiary alicyclic amines) is 1. The molecule has 7 nitrogen and oxygen atoms in total. The van der Waals surface area contributed by atoms with E-state index in [1.807, 2.05) is 27.8 Å². The Hall–Kier alpha value is -1.60. The Balaban J connectivity index is 1.84. The molecule has 7 heteroatoms. The van der Waals surface area contributed by atoms with Crippen molar-refractivity contribution in [3.63, 3.8) is 0 Å². The van der Waals surface area contributed by atoms with Crippen molar-refractivity contribution in [1.82, 2.24) is 20.0 Å². The first-order valence-electron chi connectivity index (χ1n) is 8.65. The molecule has 24 heavy (non-hydrogen) atoms. The zero-order chi connectivity index (χ0) is 17.7. The van der Waals surface area contributed by atoms with Crippen molar-refractivity contribution >= 4 is 11.9 Å². The molecule has 1 aromatic rings. The lowest BCUT2D eigenvalue weighted by Crippen LogP contribution is -2.34. The number of aryl methyl sites for hydroxylation is 1. The third-order valence-corrected chi connectivity index (χ3v) is 4.22. The Morgan fingerprint density at radius 1 is 1.33 bits per heavy atom. The predicted octanol–water partition coefficient (Wildman–Crippen LogP) is 2.20. The Morgan fingerprint density at radius 2 is 2.00 bits per heavy atom. The number of carbonyl (C=O) groups excluding carboxylic acids is 1. The molecule has 1 saturated heterocycles. The van der Waals surface area contributed by atoms with Gasteiger partial charge in [-0.1, -0.05) is 0 Å². The largest absolute Gasteiger partial charge is 0.444 e. The highest BCUT2D eigenvalue weighted by molar-refractivity contribution is 5.84. The van der Waals surface area contributed by atoms with Crippen molar-refractivity contribution in [2.75, 3.05) is 32.0 Å². The summed E-state index contributed by atoms with van der Waals surface area (Å²) < 4.78 is 6.98. The number of aromatic nitrogens is 2. The maximum Gasteiger partial charge on any atom is 0.413 e. The summed E-state index contributed by atoms with van der Waals surface area (Å²) in [6.45, 7) is 9.56. The lowest BCUT2D eigenvalue weighted by molar-refractivity contribution is 0.0634. The Kier molecular flexibility index (Phi) is 6.23. The van der Waals surface area contributed by atoms with Gasteiger partial charge in [-0.25, -0.2) is 4.79 Å². The Morgan fingerprint density at radius 3 is 2.62 bits per heavy atom. The maximum atomic E-state index is 12.0. The summed E-state index contributed by atoms with van der Waals surface area (Å²) in [6.07, 6.45) is 3.80. The van der Waals surface area contributed by atoms with Gasteiger partial charge in [-0.3, -0.25) is 10.00 Å². The van der Waals surface area contributed by atoms with Crippen LogP contribution < -0.4 is 10.6 Å². The quantitative estimate of drug-likeness (QED) is 0.862. The second kappa shape index (κ2) is 7.98. The lowest BCUT2D eigenvalue weighted by atomic mass is 9.97. The van der Waals surface area contributed by atoms with Gasteiger partial charge < -0.3 is 15.0 Å². The van der Waals surface area contributed by atoms with Crippen molar-refractivity contribution in [3.8, 4) is 0 Å². The van der Waals surface area contributed by atoms with Gasteiger partial charge in [-0.15, -0.1) is 0 Å². The standard InChI is InChI=1S/C17H31N5O2/c1-17(2,3)24-16(23)20-15-14(12-19-22(15)5)11-18-10-13-6-8-21(4)9-7-13/h12-13,18H,6-11H2,1-5H3,(H,20,23). The van der Waals surface area contributed by atoms with E-state index in [0.29, 0.717) is 12.4 Å². The summed E-state index contributed by atoms with van der Waals surface area (Å²) >= 11 is 0. The summed E-state index contributed by atoms with van der Waals surface area (Å²) in [5, 5.41) is 10.5. The molecule has 1 aliphatic heterocycles. The van der Waals surface area contributed by atoms with Crippen molar-refractivity contribution in [3.05, 3.63) is 11.8 Å². The first-order chi connectivity index (χ1) is 11.2. The van der Waals surface area contributed by atoms with E-state index in [-0.39, 0.29) is 0 Å². The number of ether oxygens (including phenoxy) is 1. The number of nitrogens with one attached hydrogen (secondary N) is 2. The number of piperidine rings is 1. The molecule has 136 valence electrons. The monoisotopic (exact) mass is 337 g/mol. The van der Waals surface area contributed by atoms with Crippen LogP contribution in [0.25, 0.3) is 0 Å². The molecule has 0 spiro atoms. The number of rotatable bonds is 5. The van der Waals surface area contributed by atoms with Crippen LogP contribution in [0.5, 0.6) is 0 Å². The number of hydrogen-bond donors (Lipinski definition) is 2. The first-order valence-corrected chi connectivity index (χ1v) is 8.65. The number of anilines is 1. The fraction of sp³-hybridized carbons (Fsp3) is 0.765. The van der Waals surface area contributed by atoms with Crippen LogP contribution in [0, 0.1) is 5.92 Å². The van der Waals surface area contributed by atoms with Crippen LogP contribution >= 0.6 is 0 Å². The minimum atomic E-state index is -0.519. The van der Waals surface area contributed by atoms with E-state index in [2.05, 4.69) is 27.7 Å². The fourth-order valence-corrected chi connectivity index (χ4v) is 2.85. The average Bonchev–Trinajstić information content (AvgIpc) is 2.80.